The maximum absolute atomic E-state index is 12.0. The van der Waals surface area contributed by atoms with E-state index in [2.05, 4.69) is 15.0 Å². The van der Waals surface area contributed by atoms with Gasteiger partial charge in [-0.05, 0) is 59.8 Å². The molecule has 7 heteroatoms. The van der Waals surface area contributed by atoms with E-state index >= 15 is 0 Å². The lowest BCUT2D eigenvalue weighted by Gasteiger charge is -2.00. The molecule has 2 aromatic rings. The second kappa shape index (κ2) is 7.23. The van der Waals surface area contributed by atoms with Gasteiger partial charge in [-0.3, -0.25) is 4.79 Å². The number of aromatic hydroxyl groups is 1. The van der Waals surface area contributed by atoms with Gasteiger partial charge in [-0.2, -0.15) is 0 Å². The SMILES string of the molecule is COC(=O)c1ccc(N=C2NC(=O)/C(=C/c3ccc(O)cc3)S2)cc1. The Morgan fingerprint density at radius 3 is 2.48 bits per heavy atom. The standard InChI is InChI=1S/C18H14N2O4S/c1-24-17(23)12-4-6-13(7-5-12)19-18-20-16(22)15(25-18)10-11-2-8-14(21)9-3-11/h2-10,21H,1H3,(H,19,20,22)/b15-10-. The Labute approximate surface area is 148 Å². The number of amides is 1. The molecule has 0 bridgehead atoms. The highest BCUT2D eigenvalue weighted by atomic mass is 32.2. The number of methoxy groups -OCH3 is 1. The van der Waals surface area contributed by atoms with Gasteiger partial charge in [0.15, 0.2) is 5.17 Å². The molecule has 0 aromatic heterocycles. The number of amidine groups is 1. The average molecular weight is 354 g/mol. The first-order valence-electron chi connectivity index (χ1n) is 7.32. The van der Waals surface area contributed by atoms with Crippen LogP contribution in [0.1, 0.15) is 15.9 Å². The van der Waals surface area contributed by atoms with E-state index in [0.717, 1.165) is 5.56 Å². The molecule has 0 radical (unpaired) electrons. The number of nitrogens with zero attached hydrogens (tertiary/aromatic N) is 1. The van der Waals surface area contributed by atoms with Crippen molar-refractivity contribution in [3.8, 4) is 5.75 Å². The first-order valence-corrected chi connectivity index (χ1v) is 8.14. The summed E-state index contributed by atoms with van der Waals surface area (Å²) >= 11 is 1.22. The third-order valence-corrected chi connectivity index (χ3v) is 4.27. The summed E-state index contributed by atoms with van der Waals surface area (Å²) in [6.45, 7) is 0. The molecule has 126 valence electrons. The van der Waals surface area contributed by atoms with E-state index in [0.29, 0.717) is 21.3 Å². The molecule has 0 aliphatic carbocycles. The molecule has 1 amide bonds. The molecular weight excluding hydrogens is 340 g/mol. The summed E-state index contributed by atoms with van der Waals surface area (Å²) in [4.78, 5) is 28.3. The number of benzene rings is 2. The molecule has 0 atom stereocenters. The maximum atomic E-state index is 12.0. The van der Waals surface area contributed by atoms with Crippen molar-refractivity contribution in [2.24, 2.45) is 4.99 Å². The highest BCUT2D eigenvalue weighted by Gasteiger charge is 2.23. The molecule has 25 heavy (non-hydrogen) atoms. The van der Waals surface area contributed by atoms with Crippen molar-refractivity contribution < 1.29 is 19.4 Å². The number of carbonyl (C=O) groups excluding carboxylic acids is 2. The molecule has 3 rings (SSSR count). The summed E-state index contributed by atoms with van der Waals surface area (Å²) in [6, 6.07) is 13.1. The third-order valence-electron chi connectivity index (χ3n) is 3.36. The van der Waals surface area contributed by atoms with E-state index in [1.54, 1.807) is 54.6 Å². The molecule has 0 saturated carbocycles. The zero-order valence-corrected chi connectivity index (χ0v) is 14.0. The summed E-state index contributed by atoms with van der Waals surface area (Å²) in [5, 5.41) is 12.4. The number of hydrogen-bond acceptors (Lipinski definition) is 6. The molecule has 1 saturated heterocycles. The Hall–Kier alpha value is -3.06. The van der Waals surface area contributed by atoms with Crippen LogP contribution in [-0.2, 0) is 9.53 Å². The normalized spacial score (nSPS) is 16.9. The van der Waals surface area contributed by atoms with Crippen molar-refractivity contribution >= 4 is 40.6 Å². The van der Waals surface area contributed by atoms with Crippen molar-refractivity contribution in [2.45, 2.75) is 0 Å². The molecule has 1 fully saturated rings. The number of phenols is 1. The van der Waals surface area contributed by atoms with Crippen molar-refractivity contribution in [3.05, 3.63) is 64.6 Å². The quantitative estimate of drug-likeness (QED) is 0.653. The topological polar surface area (TPSA) is 88.0 Å². The van der Waals surface area contributed by atoms with Crippen molar-refractivity contribution in [2.75, 3.05) is 7.11 Å². The lowest BCUT2D eigenvalue weighted by atomic mass is 10.2. The number of rotatable bonds is 3. The van der Waals surface area contributed by atoms with Gasteiger partial charge in [-0.25, -0.2) is 9.79 Å². The van der Waals surface area contributed by atoms with Crippen molar-refractivity contribution in [1.29, 1.82) is 0 Å². The number of esters is 1. The van der Waals surface area contributed by atoms with E-state index in [1.165, 1.54) is 18.9 Å². The molecular formula is C18H14N2O4S. The number of carbonyl (C=O) groups is 2. The monoisotopic (exact) mass is 354 g/mol. The average Bonchev–Trinajstić information content (AvgIpc) is 2.96. The minimum atomic E-state index is -0.415. The van der Waals surface area contributed by atoms with E-state index in [4.69, 9.17) is 0 Å². The van der Waals surface area contributed by atoms with Gasteiger partial charge in [-0.15, -0.1) is 0 Å². The predicted molar refractivity (Wildman–Crippen MR) is 96.7 cm³/mol. The summed E-state index contributed by atoms with van der Waals surface area (Å²) in [6.07, 6.45) is 1.72. The van der Waals surface area contributed by atoms with E-state index in [9.17, 15) is 14.7 Å². The molecule has 2 aromatic carbocycles. The first-order chi connectivity index (χ1) is 12.0. The van der Waals surface area contributed by atoms with Gasteiger partial charge in [0, 0.05) is 0 Å². The number of phenolic OH excluding ortho intramolecular Hbond substituents is 1. The van der Waals surface area contributed by atoms with Crippen LogP contribution in [0.25, 0.3) is 6.08 Å². The van der Waals surface area contributed by atoms with Crippen LogP contribution >= 0.6 is 11.8 Å². The van der Waals surface area contributed by atoms with Crippen molar-refractivity contribution in [3.63, 3.8) is 0 Å². The zero-order valence-electron chi connectivity index (χ0n) is 13.2. The Morgan fingerprint density at radius 1 is 1.16 bits per heavy atom. The summed E-state index contributed by atoms with van der Waals surface area (Å²) in [5.41, 5.74) is 1.85. The fraction of sp³-hybridized carbons (Fsp3) is 0.0556. The molecule has 1 aliphatic rings. The van der Waals surface area contributed by atoms with Gasteiger partial charge >= 0.3 is 5.97 Å². The lowest BCUT2D eigenvalue weighted by molar-refractivity contribution is -0.115. The smallest absolute Gasteiger partial charge is 0.337 e. The minimum Gasteiger partial charge on any atom is -0.508 e. The maximum Gasteiger partial charge on any atom is 0.337 e. The largest absolute Gasteiger partial charge is 0.508 e. The van der Waals surface area contributed by atoms with Gasteiger partial charge in [0.1, 0.15) is 5.75 Å². The zero-order chi connectivity index (χ0) is 17.8. The van der Waals surface area contributed by atoms with Gasteiger partial charge in [0.25, 0.3) is 5.91 Å². The van der Waals surface area contributed by atoms with Crippen LogP contribution in [0.5, 0.6) is 5.75 Å². The molecule has 1 heterocycles. The molecule has 6 nitrogen and oxygen atoms in total. The number of aliphatic imine (C=N–C) groups is 1. The number of hydrogen-bond donors (Lipinski definition) is 2. The third kappa shape index (κ3) is 4.07. The highest BCUT2D eigenvalue weighted by Crippen LogP contribution is 2.28. The van der Waals surface area contributed by atoms with E-state index in [1.807, 2.05) is 0 Å². The van der Waals surface area contributed by atoms with Crippen LogP contribution in [0.4, 0.5) is 5.69 Å². The Morgan fingerprint density at radius 2 is 1.84 bits per heavy atom. The van der Waals surface area contributed by atoms with E-state index < -0.39 is 5.97 Å². The van der Waals surface area contributed by atoms with Gasteiger partial charge < -0.3 is 15.2 Å². The lowest BCUT2D eigenvalue weighted by Crippen LogP contribution is -2.19. The first kappa shape index (κ1) is 16.8. The van der Waals surface area contributed by atoms with Gasteiger partial charge in [-0.1, -0.05) is 12.1 Å². The van der Waals surface area contributed by atoms with Crippen LogP contribution < -0.4 is 5.32 Å². The van der Waals surface area contributed by atoms with Crippen LogP contribution in [-0.4, -0.2) is 29.3 Å². The number of nitrogens with one attached hydrogen (secondary N) is 1. The molecule has 1 aliphatic heterocycles. The van der Waals surface area contributed by atoms with Crippen LogP contribution in [0.3, 0.4) is 0 Å². The molecule has 0 unspecified atom stereocenters. The fourth-order valence-corrected chi connectivity index (χ4v) is 2.95. The fourth-order valence-electron chi connectivity index (χ4n) is 2.11. The Bertz CT molecular complexity index is 871. The molecule has 0 spiro atoms. The second-order valence-corrected chi connectivity index (χ2v) is 6.14. The van der Waals surface area contributed by atoms with Crippen LogP contribution in [0, 0.1) is 0 Å². The second-order valence-electron chi connectivity index (χ2n) is 5.11. The minimum absolute atomic E-state index is 0.170. The van der Waals surface area contributed by atoms with Gasteiger partial charge in [0.05, 0.1) is 23.3 Å². The summed E-state index contributed by atoms with van der Waals surface area (Å²) < 4.78 is 4.64. The van der Waals surface area contributed by atoms with Crippen LogP contribution in [0.15, 0.2) is 58.4 Å². The highest BCUT2D eigenvalue weighted by molar-refractivity contribution is 8.18. The Balaban J connectivity index is 1.76. The summed E-state index contributed by atoms with van der Waals surface area (Å²) in [5.74, 6) is -0.479. The van der Waals surface area contributed by atoms with Crippen LogP contribution in [0.2, 0.25) is 0 Å². The predicted octanol–water partition coefficient (Wildman–Crippen LogP) is 3.07. The van der Waals surface area contributed by atoms with E-state index in [-0.39, 0.29) is 11.7 Å². The summed E-state index contributed by atoms with van der Waals surface area (Å²) in [7, 11) is 1.32. The van der Waals surface area contributed by atoms with Crippen molar-refractivity contribution in [1.82, 2.24) is 5.32 Å². The molecule has 2 N–H and O–H groups in total. The number of thioether (sulfide) groups is 1. The number of ether oxygens (including phenoxy) is 1. The van der Waals surface area contributed by atoms with Gasteiger partial charge in [0.2, 0.25) is 0 Å². The Kier molecular flexibility index (Phi) is 4.85.